The zero-order valence-electron chi connectivity index (χ0n) is 8.41. The van der Waals surface area contributed by atoms with Gasteiger partial charge in [-0.1, -0.05) is 0 Å². The molecule has 0 N–H and O–H groups in total. The van der Waals surface area contributed by atoms with E-state index in [4.69, 9.17) is 10.00 Å². The minimum atomic E-state index is -0.130. The lowest BCUT2D eigenvalue weighted by Crippen LogP contribution is -2.38. The molecule has 0 spiro atoms. The van der Waals surface area contributed by atoms with Crippen molar-refractivity contribution in [1.29, 1.82) is 5.26 Å². The van der Waals surface area contributed by atoms with Crippen LogP contribution in [0.25, 0.3) is 0 Å². The summed E-state index contributed by atoms with van der Waals surface area (Å²) in [7, 11) is 1.59. The summed E-state index contributed by atoms with van der Waals surface area (Å²) in [6.45, 7) is 4.90. The Balaban J connectivity index is 4.09. The molecular formula is C9H16N2O2. The molecule has 4 nitrogen and oxygen atoms in total. The van der Waals surface area contributed by atoms with Gasteiger partial charge in [0.1, 0.15) is 6.42 Å². The third-order valence-electron chi connectivity index (χ3n) is 1.71. The van der Waals surface area contributed by atoms with Crippen LogP contribution in [0.1, 0.15) is 20.3 Å². The van der Waals surface area contributed by atoms with Crippen LogP contribution in [0.3, 0.4) is 0 Å². The van der Waals surface area contributed by atoms with E-state index in [0.29, 0.717) is 13.2 Å². The number of nitriles is 1. The SMILES string of the molecule is COCCN(C(=O)CC#N)C(C)C. The largest absolute Gasteiger partial charge is 0.383 e. The summed E-state index contributed by atoms with van der Waals surface area (Å²) in [6, 6.07) is 1.97. The lowest BCUT2D eigenvalue weighted by atomic mass is 10.3. The highest BCUT2D eigenvalue weighted by Gasteiger charge is 2.15. The molecule has 0 rings (SSSR count). The first-order chi connectivity index (χ1) is 6.13. The molecule has 0 saturated heterocycles. The van der Waals surface area contributed by atoms with Gasteiger partial charge in [0.2, 0.25) is 5.91 Å². The molecule has 0 aromatic rings. The number of rotatable bonds is 5. The molecule has 0 aliphatic rings. The first-order valence-electron chi connectivity index (χ1n) is 4.28. The van der Waals surface area contributed by atoms with Gasteiger partial charge in [0.25, 0.3) is 0 Å². The van der Waals surface area contributed by atoms with Gasteiger partial charge in [-0.25, -0.2) is 0 Å². The highest BCUT2D eigenvalue weighted by Crippen LogP contribution is 2.00. The first kappa shape index (κ1) is 11.9. The Morgan fingerprint density at radius 2 is 2.23 bits per heavy atom. The van der Waals surface area contributed by atoms with Crippen molar-refractivity contribution < 1.29 is 9.53 Å². The minimum Gasteiger partial charge on any atom is -0.383 e. The van der Waals surface area contributed by atoms with Crippen LogP contribution in [0.2, 0.25) is 0 Å². The fraction of sp³-hybridized carbons (Fsp3) is 0.778. The van der Waals surface area contributed by atoms with Gasteiger partial charge in [-0.05, 0) is 13.8 Å². The van der Waals surface area contributed by atoms with Crippen LogP contribution in [0.4, 0.5) is 0 Å². The van der Waals surface area contributed by atoms with Crippen molar-refractivity contribution in [2.45, 2.75) is 26.3 Å². The predicted molar refractivity (Wildman–Crippen MR) is 49.0 cm³/mol. The smallest absolute Gasteiger partial charge is 0.237 e. The Bertz CT molecular complexity index is 196. The molecule has 0 heterocycles. The fourth-order valence-electron chi connectivity index (χ4n) is 1.03. The quantitative estimate of drug-likeness (QED) is 0.634. The van der Waals surface area contributed by atoms with E-state index in [1.807, 2.05) is 19.9 Å². The Morgan fingerprint density at radius 1 is 1.62 bits per heavy atom. The molecule has 4 heteroatoms. The summed E-state index contributed by atoms with van der Waals surface area (Å²) >= 11 is 0. The van der Waals surface area contributed by atoms with Crippen LogP contribution in [0.15, 0.2) is 0 Å². The van der Waals surface area contributed by atoms with Crippen molar-refractivity contribution >= 4 is 5.91 Å². The van der Waals surface area contributed by atoms with Gasteiger partial charge in [0.15, 0.2) is 0 Å². The summed E-state index contributed by atoms with van der Waals surface area (Å²) in [5, 5.41) is 8.36. The fourth-order valence-corrected chi connectivity index (χ4v) is 1.03. The second-order valence-corrected chi connectivity index (χ2v) is 3.01. The molecule has 0 aromatic carbocycles. The van der Waals surface area contributed by atoms with E-state index in [9.17, 15) is 4.79 Å². The van der Waals surface area contributed by atoms with Crippen LogP contribution in [-0.2, 0) is 9.53 Å². The van der Waals surface area contributed by atoms with Gasteiger partial charge in [-0.2, -0.15) is 5.26 Å². The molecule has 0 fully saturated rings. The van der Waals surface area contributed by atoms with Gasteiger partial charge in [0, 0.05) is 19.7 Å². The lowest BCUT2D eigenvalue weighted by molar-refractivity contribution is -0.132. The number of nitrogens with zero attached hydrogens (tertiary/aromatic N) is 2. The Hall–Kier alpha value is -1.08. The van der Waals surface area contributed by atoms with Crippen molar-refractivity contribution in [2.75, 3.05) is 20.3 Å². The molecule has 0 aliphatic heterocycles. The average molecular weight is 184 g/mol. The summed E-state index contributed by atoms with van der Waals surface area (Å²) in [5.41, 5.74) is 0. The molecule has 1 amide bonds. The second-order valence-electron chi connectivity index (χ2n) is 3.01. The van der Waals surface area contributed by atoms with E-state index in [0.717, 1.165) is 0 Å². The van der Waals surface area contributed by atoms with Gasteiger partial charge in [0.05, 0.1) is 12.7 Å². The Kier molecular flexibility index (Phi) is 5.90. The molecule has 0 atom stereocenters. The highest BCUT2D eigenvalue weighted by molar-refractivity contribution is 5.78. The third kappa shape index (κ3) is 4.48. The normalized spacial score (nSPS) is 9.77. The Labute approximate surface area is 79.1 Å². The number of carbonyl (C=O) groups is 1. The van der Waals surface area contributed by atoms with E-state index in [2.05, 4.69) is 0 Å². The number of carbonyl (C=O) groups excluding carboxylic acids is 1. The summed E-state index contributed by atoms with van der Waals surface area (Å²) in [5.74, 6) is -0.130. The maximum absolute atomic E-state index is 11.3. The van der Waals surface area contributed by atoms with Crippen LogP contribution < -0.4 is 0 Å². The molecule has 0 aromatic heterocycles. The summed E-state index contributed by atoms with van der Waals surface area (Å²) < 4.78 is 4.87. The predicted octanol–water partition coefficient (Wildman–Crippen LogP) is 0.783. The maximum Gasteiger partial charge on any atom is 0.237 e. The van der Waals surface area contributed by atoms with Crippen molar-refractivity contribution in [3.63, 3.8) is 0 Å². The number of ether oxygens (including phenoxy) is 1. The molecule has 0 radical (unpaired) electrons. The summed E-state index contributed by atoms with van der Waals surface area (Å²) in [6.07, 6.45) is -0.0537. The topological polar surface area (TPSA) is 53.3 Å². The van der Waals surface area contributed by atoms with Crippen molar-refractivity contribution in [3.05, 3.63) is 0 Å². The van der Waals surface area contributed by atoms with Gasteiger partial charge < -0.3 is 9.64 Å². The lowest BCUT2D eigenvalue weighted by Gasteiger charge is -2.25. The highest BCUT2D eigenvalue weighted by atomic mass is 16.5. The van der Waals surface area contributed by atoms with Crippen LogP contribution in [0, 0.1) is 11.3 Å². The molecule has 0 bridgehead atoms. The average Bonchev–Trinajstić information content (AvgIpc) is 2.05. The van der Waals surface area contributed by atoms with Crippen LogP contribution in [0.5, 0.6) is 0 Å². The van der Waals surface area contributed by atoms with Gasteiger partial charge in [-0.15, -0.1) is 0 Å². The van der Waals surface area contributed by atoms with Crippen molar-refractivity contribution in [1.82, 2.24) is 4.90 Å². The van der Waals surface area contributed by atoms with E-state index in [-0.39, 0.29) is 18.4 Å². The molecule has 13 heavy (non-hydrogen) atoms. The Morgan fingerprint density at radius 3 is 2.62 bits per heavy atom. The molecule has 0 unspecified atom stereocenters. The van der Waals surface area contributed by atoms with E-state index in [1.54, 1.807) is 12.0 Å². The monoisotopic (exact) mass is 184 g/mol. The molecule has 0 aliphatic carbocycles. The maximum atomic E-state index is 11.3. The van der Waals surface area contributed by atoms with E-state index >= 15 is 0 Å². The molecule has 74 valence electrons. The zero-order chi connectivity index (χ0) is 10.3. The second kappa shape index (κ2) is 6.44. The first-order valence-corrected chi connectivity index (χ1v) is 4.28. The number of methoxy groups -OCH3 is 1. The third-order valence-corrected chi connectivity index (χ3v) is 1.71. The van der Waals surface area contributed by atoms with Crippen molar-refractivity contribution in [2.24, 2.45) is 0 Å². The number of hydrogen-bond acceptors (Lipinski definition) is 3. The van der Waals surface area contributed by atoms with Gasteiger partial charge >= 0.3 is 0 Å². The van der Waals surface area contributed by atoms with Crippen molar-refractivity contribution in [3.8, 4) is 6.07 Å². The van der Waals surface area contributed by atoms with Gasteiger partial charge in [-0.3, -0.25) is 4.79 Å². The van der Waals surface area contributed by atoms with E-state index in [1.165, 1.54) is 0 Å². The number of hydrogen-bond donors (Lipinski definition) is 0. The molecule has 0 saturated carbocycles. The van der Waals surface area contributed by atoms with Crippen LogP contribution in [-0.4, -0.2) is 37.1 Å². The standard InChI is InChI=1S/C9H16N2O2/c1-8(2)11(6-7-13-3)9(12)4-5-10/h8H,4,6-7H2,1-3H3. The zero-order valence-corrected chi connectivity index (χ0v) is 8.41. The summed E-state index contributed by atoms with van der Waals surface area (Å²) in [4.78, 5) is 13.0. The minimum absolute atomic E-state index is 0.0537. The molecular weight excluding hydrogens is 168 g/mol. The van der Waals surface area contributed by atoms with Crippen LogP contribution >= 0.6 is 0 Å². The van der Waals surface area contributed by atoms with E-state index < -0.39 is 0 Å². The number of amides is 1.